The van der Waals surface area contributed by atoms with Crippen LogP contribution < -0.4 is 0 Å². The predicted molar refractivity (Wildman–Crippen MR) is 67.4 cm³/mol. The van der Waals surface area contributed by atoms with Crippen molar-refractivity contribution in [3.05, 3.63) is 0 Å². The molecule has 0 saturated heterocycles. The van der Waals surface area contributed by atoms with Crippen molar-refractivity contribution in [1.82, 2.24) is 0 Å². The van der Waals surface area contributed by atoms with Crippen LogP contribution in [0.3, 0.4) is 0 Å². The van der Waals surface area contributed by atoms with Gasteiger partial charge < -0.3 is 8.85 Å². The molecule has 14 heavy (non-hydrogen) atoms. The molecule has 0 rings (SSSR count). The van der Waals surface area contributed by atoms with Gasteiger partial charge in [0.05, 0.1) is 0 Å². The second-order valence-electron chi connectivity index (χ2n) is 3.41. The Morgan fingerprint density at radius 3 is 1.93 bits per heavy atom. The summed E-state index contributed by atoms with van der Waals surface area (Å²) in [6.07, 6.45) is 2.40. The smallest absolute Gasteiger partial charge is 0.325 e. The maximum atomic E-state index is 5.75. The minimum Gasteiger partial charge on any atom is -0.397 e. The first-order valence-corrected chi connectivity index (χ1v) is 8.07. The van der Waals surface area contributed by atoms with Gasteiger partial charge in [0.2, 0.25) is 0 Å². The van der Waals surface area contributed by atoms with E-state index in [1.165, 1.54) is 12.8 Å². The zero-order valence-electron chi connectivity index (χ0n) is 9.75. The lowest BCUT2D eigenvalue weighted by atomic mass is 10.2. The van der Waals surface area contributed by atoms with Gasteiger partial charge in [-0.05, 0) is 20.3 Å². The van der Waals surface area contributed by atoms with Crippen molar-refractivity contribution in [2.45, 2.75) is 50.9 Å². The Labute approximate surface area is 98.3 Å². The molecule has 86 valence electrons. The fraction of sp³-hybridized carbons (Fsp3) is 1.00. The van der Waals surface area contributed by atoms with Crippen molar-refractivity contribution in [3.63, 3.8) is 0 Å². The minimum absolute atomic E-state index is 0.497. The summed E-state index contributed by atoms with van der Waals surface area (Å²) in [6.45, 7) is 10.0. The van der Waals surface area contributed by atoms with Crippen molar-refractivity contribution < 1.29 is 8.85 Å². The summed E-state index contributed by atoms with van der Waals surface area (Å²) in [4.78, 5) is 0.497. The van der Waals surface area contributed by atoms with E-state index in [0.29, 0.717) is 10.4 Å². The number of alkyl halides is 1. The first-order chi connectivity index (χ1) is 6.67. The van der Waals surface area contributed by atoms with Gasteiger partial charge in [0.25, 0.3) is 0 Å². The van der Waals surface area contributed by atoms with Crippen molar-refractivity contribution in [2.24, 2.45) is 0 Å². The standard InChI is InChI=1S/C10H23BrO2Si/c1-5-8-10(9(4)11)14(12-6-2)13-7-3/h9-10,14H,5-8H2,1-4H3. The van der Waals surface area contributed by atoms with Crippen molar-refractivity contribution in [2.75, 3.05) is 13.2 Å². The zero-order chi connectivity index (χ0) is 11.0. The van der Waals surface area contributed by atoms with Gasteiger partial charge in [-0.15, -0.1) is 0 Å². The molecule has 0 heterocycles. The van der Waals surface area contributed by atoms with Crippen LogP contribution >= 0.6 is 15.9 Å². The van der Waals surface area contributed by atoms with E-state index in [1.54, 1.807) is 0 Å². The summed E-state index contributed by atoms with van der Waals surface area (Å²) in [6, 6.07) is 0. The SMILES string of the molecule is CCCC(C(C)Br)[SiH](OCC)OCC. The van der Waals surface area contributed by atoms with Gasteiger partial charge in [0, 0.05) is 23.6 Å². The fourth-order valence-corrected chi connectivity index (χ4v) is 4.84. The van der Waals surface area contributed by atoms with Crippen LogP contribution in [0, 0.1) is 0 Å². The Morgan fingerprint density at radius 1 is 1.14 bits per heavy atom. The molecule has 0 aliphatic heterocycles. The van der Waals surface area contributed by atoms with Crippen LogP contribution in [0.4, 0.5) is 0 Å². The van der Waals surface area contributed by atoms with Crippen LogP contribution in [-0.4, -0.2) is 27.3 Å². The maximum absolute atomic E-state index is 5.75. The van der Waals surface area contributed by atoms with Crippen LogP contribution in [0.2, 0.25) is 5.54 Å². The molecule has 0 spiro atoms. The van der Waals surface area contributed by atoms with E-state index in [0.717, 1.165) is 13.2 Å². The number of halogens is 1. The molecule has 0 N–H and O–H groups in total. The van der Waals surface area contributed by atoms with E-state index < -0.39 is 9.28 Å². The van der Waals surface area contributed by atoms with Crippen molar-refractivity contribution in [1.29, 1.82) is 0 Å². The molecule has 0 saturated carbocycles. The Kier molecular flexibility index (Phi) is 9.28. The Morgan fingerprint density at radius 2 is 1.64 bits per heavy atom. The van der Waals surface area contributed by atoms with E-state index in [1.807, 2.05) is 13.8 Å². The average Bonchev–Trinajstić information content (AvgIpc) is 2.13. The summed E-state index contributed by atoms with van der Waals surface area (Å²) in [7, 11) is -1.47. The van der Waals surface area contributed by atoms with Crippen molar-refractivity contribution >= 4 is 25.2 Å². The summed E-state index contributed by atoms with van der Waals surface area (Å²) in [5.41, 5.74) is 0.583. The van der Waals surface area contributed by atoms with E-state index in [-0.39, 0.29) is 0 Å². The molecule has 0 aromatic carbocycles. The first kappa shape index (κ1) is 14.6. The fourth-order valence-electron chi connectivity index (χ4n) is 1.54. The van der Waals surface area contributed by atoms with Crippen LogP contribution in [0.1, 0.15) is 40.5 Å². The van der Waals surface area contributed by atoms with Gasteiger partial charge in [-0.1, -0.05) is 36.2 Å². The van der Waals surface area contributed by atoms with Crippen LogP contribution in [-0.2, 0) is 8.85 Å². The van der Waals surface area contributed by atoms with Crippen molar-refractivity contribution in [3.8, 4) is 0 Å². The third kappa shape index (κ3) is 5.49. The minimum atomic E-state index is -1.47. The second-order valence-corrected chi connectivity index (χ2v) is 7.11. The molecule has 0 aliphatic rings. The highest BCUT2D eigenvalue weighted by molar-refractivity contribution is 9.09. The van der Waals surface area contributed by atoms with Gasteiger partial charge in [0.15, 0.2) is 0 Å². The monoisotopic (exact) mass is 282 g/mol. The molecule has 2 nitrogen and oxygen atoms in total. The van der Waals surface area contributed by atoms with Gasteiger partial charge in [-0.25, -0.2) is 0 Å². The summed E-state index contributed by atoms with van der Waals surface area (Å²) in [5.74, 6) is 0. The normalized spacial score (nSPS) is 15.9. The molecular formula is C10H23BrO2Si. The third-order valence-corrected chi connectivity index (χ3v) is 6.40. The summed E-state index contributed by atoms with van der Waals surface area (Å²) >= 11 is 3.66. The number of rotatable bonds is 8. The first-order valence-electron chi connectivity index (χ1n) is 5.54. The highest BCUT2D eigenvalue weighted by Crippen LogP contribution is 2.28. The topological polar surface area (TPSA) is 18.5 Å². The molecule has 0 amide bonds. The maximum Gasteiger partial charge on any atom is 0.325 e. The van der Waals surface area contributed by atoms with Gasteiger partial charge in [0.1, 0.15) is 0 Å². The van der Waals surface area contributed by atoms with Crippen LogP contribution in [0.25, 0.3) is 0 Å². The van der Waals surface area contributed by atoms with E-state index in [9.17, 15) is 0 Å². The number of hydrogen-bond acceptors (Lipinski definition) is 2. The molecular weight excluding hydrogens is 260 g/mol. The molecule has 0 fully saturated rings. The molecule has 0 aliphatic carbocycles. The van der Waals surface area contributed by atoms with E-state index >= 15 is 0 Å². The Balaban J connectivity index is 4.21. The predicted octanol–water partition coefficient (Wildman–Crippen LogP) is 3.23. The lowest BCUT2D eigenvalue weighted by molar-refractivity contribution is 0.202. The quantitative estimate of drug-likeness (QED) is 0.503. The van der Waals surface area contributed by atoms with Gasteiger partial charge in [-0.2, -0.15) is 0 Å². The Bertz CT molecular complexity index is 127. The second kappa shape index (κ2) is 8.89. The van der Waals surface area contributed by atoms with Gasteiger partial charge >= 0.3 is 9.28 Å². The van der Waals surface area contributed by atoms with Crippen LogP contribution in [0.15, 0.2) is 0 Å². The molecule has 0 aromatic heterocycles. The Hall–Kier alpha value is 0.617. The molecule has 2 unspecified atom stereocenters. The van der Waals surface area contributed by atoms with Gasteiger partial charge in [-0.3, -0.25) is 0 Å². The molecule has 0 aromatic rings. The summed E-state index contributed by atoms with van der Waals surface area (Å²) < 4.78 is 11.5. The zero-order valence-corrected chi connectivity index (χ0v) is 12.5. The average molecular weight is 283 g/mol. The van der Waals surface area contributed by atoms with Crippen LogP contribution in [0.5, 0.6) is 0 Å². The molecule has 4 heteroatoms. The third-order valence-electron chi connectivity index (χ3n) is 2.22. The molecule has 0 bridgehead atoms. The highest BCUT2D eigenvalue weighted by atomic mass is 79.9. The molecule has 0 radical (unpaired) electrons. The highest BCUT2D eigenvalue weighted by Gasteiger charge is 2.28. The number of hydrogen-bond donors (Lipinski definition) is 0. The van der Waals surface area contributed by atoms with E-state index in [2.05, 4.69) is 29.8 Å². The largest absolute Gasteiger partial charge is 0.397 e. The van der Waals surface area contributed by atoms with E-state index in [4.69, 9.17) is 8.85 Å². The molecule has 2 atom stereocenters. The summed E-state index contributed by atoms with van der Waals surface area (Å²) in [5, 5.41) is 0. The lowest BCUT2D eigenvalue weighted by Crippen LogP contribution is -2.33. The lowest BCUT2D eigenvalue weighted by Gasteiger charge is -2.26.